The normalized spacial score (nSPS) is 18.2. The fraction of sp³-hybridized carbons (Fsp3) is 0.571. The second-order valence-corrected chi connectivity index (χ2v) is 5.45. The number of carbonyl (C=O) groups is 2. The van der Waals surface area contributed by atoms with E-state index in [4.69, 9.17) is 4.42 Å². The molecule has 1 atom stereocenters. The van der Waals surface area contributed by atoms with Crippen LogP contribution in [0.15, 0.2) is 22.8 Å². The molecule has 0 unspecified atom stereocenters. The average molecular weight is 316 g/mol. The van der Waals surface area contributed by atoms with Gasteiger partial charge in [-0.1, -0.05) is 0 Å². The van der Waals surface area contributed by atoms with Gasteiger partial charge in [-0.25, -0.2) is 0 Å². The van der Waals surface area contributed by atoms with E-state index in [1.54, 1.807) is 12.1 Å². The average Bonchev–Trinajstić information content (AvgIpc) is 2.94. The summed E-state index contributed by atoms with van der Waals surface area (Å²) < 4.78 is 32.8. The van der Waals surface area contributed by atoms with E-state index in [0.29, 0.717) is 12.2 Å². The lowest BCUT2D eigenvalue weighted by Crippen LogP contribution is -2.62. The van der Waals surface area contributed by atoms with Gasteiger partial charge in [0.2, 0.25) is 5.91 Å². The Morgan fingerprint density at radius 2 is 2.18 bits per heavy atom. The Bertz CT molecular complexity index is 541. The minimum atomic E-state index is -3.92. The van der Waals surface area contributed by atoms with Crippen molar-refractivity contribution < 1.29 is 27.9 Å². The summed E-state index contributed by atoms with van der Waals surface area (Å²) in [5, 5.41) is 14.1. The Labute approximate surface area is 125 Å². The fourth-order valence-corrected chi connectivity index (χ4v) is 2.13. The highest BCUT2D eigenvalue weighted by Gasteiger charge is 2.61. The number of aliphatic hydroxyl groups is 1. The predicted octanol–water partition coefficient (Wildman–Crippen LogP) is 0.951. The number of rotatable bonds is 6. The Morgan fingerprint density at radius 1 is 1.50 bits per heavy atom. The summed E-state index contributed by atoms with van der Waals surface area (Å²) in [6.07, 6.45) is 1.62. The molecule has 0 aliphatic heterocycles. The van der Waals surface area contributed by atoms with Crippen LogP contribution in [0.3, 0.4) is 0 Å². The van der Waals surface area contributed by atoms with Gasteiger partial charge >= 0.3 is 5.92 Å². The van der Waals surface area contributed by atoms with Crippen molar-refractivity contribution >= 4 is 11.8 Å². The molecule has 22 heavy (non-hydrogen) atoms. The molecular formula is C14H18F2N2O4. The molecule has 1 saturated carbocycles. The van der Waals surface area contributed by atoms with Crippen LogP contribution in [-0.4, -0.2) is 34.5 Å². The first-order chi connectivity index (χ1) is 10.3. The molecule has 2 amide bonds. The van der Waals surface area contributed by atoms with Gasteiger partial charge in [-0.05, 0) is 38.3 Å². The van der Waals surface area contributed by atoms with E-state index in [1.165, 1.54) is 13.2 Å². The minimum Gasteiger partial charge on any atom is -0.467 e. The van der Waals surface area contributed by atoms with E-state index in [-0.39, 0.29) is 19.4 Å². The molecule has 1 aromatic heterocycles. The number of alkyl halides is 2. The molecule has 1 aliphatic carbocycles. The van der Waals surface area contributed by atoms with Crippen LogP contribution < -0.4 is 10.6 Å². The Hall–Kier alpha value is -1.96. The quantitative estimate of drug-likeness (QED) is 0.729. The fourth-order valence-electron chi connectivity index (χ4n) is 2.13. The zero-order chi connectivity index (χ0) is 16.4. The maximum absolute atomic E-state index is 13.9. The SMILES string of the molecule is C[C@H](NC(=O)C(F)(F)C1(O)CCC1)C(=O)NCc1ccco1. The molecule has 3 N–H and O–H groups in total. The third kappa shape index (κ3) is 3.11. The first kappa shape index (κ1) is 16.4. The van der Waals surface area contributed by atoms with E-state index < -0.39 is 29.4 Å². The molecule has 6 nitrogen and oxygen atoms in total. The van der Waals surface area contributed by atoms with E-state index in [0.717, 1.165) is 0 Å². The van der Waals surface area contributed by atoms with Crippen molar-refractivity contribution in [2.75, 3.05) is 0 Å². The summed E-state index contributed by atoms with van der Waals surface area (Å²) in [6, 6.07) is 2.13. The molecule has 0 radical (unpaired) electrons. The zero-order valence-corrected chi connectivity index (χ0v) is 12.1. The molecule has 8 heteroatoms. The number of halogens is 2. The van der Waals surface area contributed by atoms with E-state index >= 15 is 0 Å². The molecule has 122 valence electrons. The van der Waals surface area contributed by atoms with E-state index in [9.17, 15) is 23.5 Å². The standard InChI is InChI=1S/C14H18F2N2O4/c1-9(11(19)17-8-10-4-2-7-22-10)18-12(20)14(15,16)13(21)5-3-6-13/h2,4,7,9,21H,3,5-6,8H2,1H3,(H,17,19)(H,18,20)/t9-/m0/s1. The lowest BCUT2D eigenvalue weighted by molar-refractivity contribution is -0.216. The molecule has 1 heterocycles. The number of hydrogen-bond acceptors (Lipinski definition) is 4. The van der Waals surface area contributed by atoms with Crippen molar-refractivity contribution in [3.8, 4) is 0 Å². The third-order valence-electron chi connectivity index (χ3n) is 3.81. The van der Waals surface area contributed by atoms with Gasteiger partial charge in [0, 0.05) is 0 Å². The zero-order valence-electron chi connectivity index (χ0n) is 12.1. The summed E-state index contributed by atoms with van der Waals surface area (Å²) in [5.41, 5.74) is -2.30. The molecule has 1 aromatic rings. The largest absolute Gasteiger partial charge is 0.467 e. The lowest BCUT2D eigenvalue weighted by atomic mass is 9.75. The Morgan fingerprint density at radius 3 is 2.68 bits per heavy atom. The molecule has 0 aromatic carbocycles. The number of hydrogen-bond donors (Lipinski definition) is 3. The number of nitrogens with one attached hydrogen (secondary N) is 2. The Kier molecular flexibility index (Phi) is 4.50. The van der Waals surface area contributed by atoms with Gasteiger partial charge < -0.3 is 20.2 Å². The van der Waals surface area contributed by atoms with Crippen LogP contribution in [0, 0.1) is 0 Å². The molecule has 0 bridgehead atoms. The van der Waals surface area contributed by atoms with Gasteiger partial charge in [-0.15, -0.1) is 0 Å². The van der Waals surface area contributed by atoms with Crippen LogP contribution in [0.4, 0.5) is 8.78 Å². The van der Waals surface area contributed by atoms with Gasteiger partial charge in [0.1, 0.15) is 17.4 Å². The first-order valence-corrected chi connectivity index (χ1v) is 6.97. The second kappa shape index (κ2) is 6.04. The first-order valence-electron chi connectivity index (χ1n) is 6.97. The van der Waals surface area contributed by atoms with Crippen LogP contribution in [0.2, 0.25) is 0 Å². The minimum absolute atomic E-state index is 0.0897. The molecular weight excluding hydrogens is 298 g/mol. The highest BCUT2D eigenvalue weighted by molar-refractivity contribution is 5.91. The highest BCUT2D eigenvalue weighted by atomic mass is 19.3. The summed E-state index contributed by atoms with van der Waals surface area (Å²) in [4.78, 5) is 23.4. The summed E-state index contributed by atoms with van der Waals surface area (Å²) in [6.45, 7) is 1.38. The third-order valence-corrected chi connectivity index (χ3v) is 3.81. The van der Waals surface area contributed by atoms with Crippen LogP contribution >= 0.6 is 0 Å². The van der Waals surface area contributed by atoms with Crippen LogP contribution in [0.25, 0.3) is 0 Å². The van der Waals surface area contributed by atoms with Crippen molar-refractivity contribution in [2.24, 2.45) is 0 Å². The number of amides is 2. The maximum Gasteiger partial charge on any atom is 0.352 e. The van der Waals surface area contributed by atoms with Crippen LogP contribution in [0.5, 0.6) is 0 Å². The monoisotopic (exact) mass is 316 g/mol. The van der Waals surface area contributed by atoms with Crippen molar-refractivity contribution in [2.45, 2.75) is 50.3 Å². The Balaban J connectivity index is 1.86. The van der Waals surface area contributed by atoms with E-state index in [1.807, 2.05) is 5.32 Å². The van der Waals surface area contributed by atoms with Crippen molar-refractivity contribution in [1.29, 1.82) is 0 Å². The van der Waals surface area contributed by atoms with Crippen LogP contribution in [0.1, 0.15) is 31.9 Å². The molecule has 1 aliphatic rings. The summed E-state index contributed by atoms with van der Waals surface area (Å²) in [5.74, 6) is -5.68. The molecule has 0 spiro atoms. The topological polar surface area (TPSA) is 91.6 Å². The summed E-state index contributed by atoms with van der Waals surface area (Å²) in [7, 11) is 0. The van der Waals surface area contributed by atoms with Gasteiger partial charge in [0.15, 0.2) is 0 Å². The second-order valence-electron chi connectivity index (χ2n) is 5.45. The van der Waals surface area contributed by atoms with Crippen molar-refractivity contribution in [1.82, 2.24) is 10.6 Å². The molecule has 1 fully saturated rings. The maximum atomic E-state index is 13.9. The molecule has 0 saturated heterocycles. The van der Waals surface area contributed by atoms with Crippen LogP contribution in [-0.2, 0) is 16.1 Å². The van der Waals surface area contributed by atoms with Crippen molar-refractivity contribution in [3.63, 3.8) is 0 Å². The van der Waals surface area contributed by atoms with Gasteiger partial charge in [0.25, 0.3) is 5.91 Å². The predicted molar refractivity (Wildman–Crippen MR) is 71.9 cm³/mol. The highest BCUT2D eigenvalue weighted by Crippen LogP contribution is 2.44. The van der Waals surface area contributed by atoms with Gasteiger partial charge in [-0.2, -0.15) is 8.78 Å². The number of carbonyl (C=O) groups excluding carboxylic acids is 2. The van der Waals surface area contributed by atoms with Gasteiger partial charge in [0.05, 0.1) is 12.8 Å². The van der Waals surface area contributed by atoms with Crippen molar-refractivity contribution in [3.05, 3.63) is 24.2 Å². The van der Waals surface area contributed by atoms with Gasteiger partial charge in [-0.3, -0.25) is 9.59 Å². The molecule has 2 rings (SSSR count). The lowest BCUT2D eigenvalue weighted by Gasteiger charge is -2.41. The summed E-state index contributed by atoms with van der Waals surface area (Å²) >= 11 is 0. The smallest absolute Gasteiger partial charge is 0.352 e. The van der Waals surface area contributed by atoms with E-state index in [2.05, 4.69) is 5.32 Å². The number of furan rings is 1.